The van der Waals surface area contributed by atoms with E-state index in [-0.39, 0.29) is 11.6 Å². The average molecular weight is 261 g/mol. The molecule has 0 bridgehead atoms. The van der Waals surface area contributed by atoms with Gasteiger partial charge in [0.1, 0.15) is 0 Å². The van der Waals surface area contributed by atoms with Gasteiger partial charge >= 0.3 is 5.69 Å². The van der Waals surface area contributed by atoms with Gasteiger partial charge in [-0.05, 0) is 18.2 Å². The topological polar surface area (TPSA) is 98.3 Å². The van der Waals surface area contributed by atoms with Crippen molar-refractivity contribution in [3.8, 4) is 11.6 Å². The molecule has 96 valence electrons. The van der Waals surface area contributed by atoms with Crippen molar-refractivity contribution in [2.75, 3.05) is 5.73 Å². The summed E-state index contributed by atoms with van der Waals surface area (Å²) in [5.41, 5.74) is 5.56. The van der Waals surface area contributed by atoms with Crippen LogP contribution in [-0.2, 0) is 0 Å². The monoisotopic (exact) mass is 261 g/mol. The van der Waals surface area contributed by atoms with Crippen molar-refractivity contribution in [2.45, 2.75) is 0 Å². The number of anilines is 1. The summed E-state index contributed by atoms with van der Waals surface area (Å²) in [4.78, 5) is 11.3. The maximum atomic E-state index is 13.5. The first-order chi connectivity index (χ1) is 9.13. The molecule has 8 heteroatoms. The Hall–Kier alpha value is -2.90. The van der Waals surface area contributed by atoms with E-state index in [9.17, 15) is 9.18 Å². The number of aromatic amines is 1. The standard InChI is InChI=1S/C11H8FN5O2/c12-7-5-6(13)1-2-8(7)19-10-4-3-9-14-15-11(18)17(9)16-10/h1-5H,13H2,(H,15,18). The quantitative estimate of drug-likeness (QED) is 0.669. The van der Waals surface area contributed by atoms with Crippen LogP contribution in [0.25, 0.3) is 5.65 Å². The molecule has 0 radical (unpaired) electrons. The number of aromatic nitrogens is 4. The smallest absolute Gasteiger partial charge is 0.364 e. The molecule has 0 saturated carbocycles. The van der Waals surface area contributed by atoms with E-state index in [1.54, 1.807) is 0 Å². The van der Waals surface area contributed by atoms with Crippen LogP contribution >= 0.6 is 0 Å². The van der Waals surface area contributed by atoms with Gasteiger partial charge in [-0.2, -0.15) is 9.61 Å². The molecule has 0 spiro atoms. The van der Waals surface area contributed by atoms with Gasteiger partial charge in [-0.3, -0.25) is 0 Å². The number of H-pyrrole nitrogens is 1. The van der Waals surface area contributed by atoms with Crippen LogP contribution in [-0.4, -0.2) is 19.8 Å². The highest BCUT2D eigenvalue weighted by molar-refractivity contribution is 5.44. The molecule has 3 aromatic rings. The van der Waals surface area contributed by atoms with E-state index in [0.717, 1.165) is 10.6 Å². The van der Waals surface area contributed by atoms with E-state index in [1.165, 1.54) is 24.3 Å². The largest absolute Gasteiger partial charge is 0.434 e. The van der Waals surface area contributed by atoms with Crippen molar-refractivity contribution in [2.24, 2.45) is 0 Å². The third-order valence-corrected chi connectivity index (χ3v) is 2.42. The normalized spacial score (nSPS) is 10.8. The van der Waals surface area contributed by atoms with Crippen LogP contribution in [0.5, 0.6) is 11.6 Å². The third kappa shape index (κ3) is 1.99. The Bertz CT molecular complexity index is 810. The highest BCUT2D eigenvalue weighted by Gasteiger charge is 2.08. The number of halogens is 1. The van der Waals surface area contributed by atoms with Gasteiger partial charge in [0.2, 0.25) is 5.88 Å². The zero-order valence-corrected chi connectivity index (χ0v) is 9.50. The Labute approximate surface area is 105 Å². The third-order valence-electron chi connectivity index (χ3n) is 2.42. The van der Waals surface area contributed by atoms with E-state index in [2.05, 4.69) is 15.3 Å². The molecule has 0 aliphatic heterocycles. The lowest BCUT2D eigenvalue weighted by Gasteiger charge is -2.05. The molecule has 0 unspecified atom stereocenters. The number of nitrogens with zero attached hydrogens (tertiary/aromatic N) is 3. The summed E-state index contributed by atoms with van der Waals surface area (Å²) in [6, 6.07) is 7.02. The Morgan fingerprint density at radius 3 is 2.95 bits per heavy atom. The van der Waals surface area contributed by atoms with E-state index in [4.69, 9.17) is 10.5 Å². The zero-order chi connectivity index (χ0) is 13.4. The van der Waals surface area contributed by atoms with Gasteiger partial charge in [-0.1, -0.05) is 0 Å². The molecule has 2 heterocycles. The molecule has 7 nitrogen and oxygen atoms in total. The minimum Gasteiger partial charge on any atom is -0.434 e. The number of hydrogen-bond acceptors (Lipinski definition) is 5. The first-order valence-electron chi connectivity index (χ1n) is 5.31. The fraction of sp³-hybridized carbons (Fsp3) is 0. The Morgan fingerprint density at radius 1 is 1.32 bits per heavy atom. The van der Waals surface area contributed by atoms with Crippen molar-refractivity contribution in [1.82, 2.24) is 19.8 Å². The number of nitrogens with two attached hydrogens (primary N) is 1. The Balaban J connectivity index is 2.00. The number of fused-ring (bicyclic) bond motifs is 1. The lowest BCUT2D eigenvalue weighted by atomic mass is 10.3. The molecule has 0 aliphatic carbocycles. The zero-order valence-electron chi connectivity index (χ0n) is 9.50. The second-order valence-corrected chi connectivity index (χ2v) is 3.76. The maximum absolute atomic E-state index is 13.5. The summed E-state index contributed by atoms with van der Waals surface area (Å²) in [6.07, 6.45) is 0. The Kier molecular flexibility index (Phi) is 2.41. The molecular weight excluding hydrogens is 253 g/mol. The van der Waals surface area contributed by atoms with Crippen LogP contribution in [0.4, 0.5) is 10.1 Å². The molecule has 3 rings (SSSR count). The molecule has 0 saturated heterocycles. The lowest BCUT2D eigenvalue weighted by Crippen LogP contribution is -2.12. The minimum atomic E-state index is -0.610. The first-order valence-corrected chi connectivity index (χ1v) is 5.31. The molecule has 0 atom stereocenters. The van der Waals surface area contributed by atoms with Crippen LogP contribution in [0, 0.1) is 5.82 Å². The molecular formula is C11H8FN5O2. The number of benzene rings is 1. The van der Waals surface area contributed by atoms with Crippen molar-refractivity contribution < 1.29 is 9.13 Å². The molecule has 0 fully saturated rings. The van der Waals surface area contributed by atoms with Crippen molar-refractivity contribution >= 4 is 11.3 Å². The van der Waals surface area contributed by atoms with Gasteiger partial charge in [0.15, 0.2) is 17.2 Å². The van der Waals surface area contributed by atoms with E-state index in [0.29, 0.717) is 11.3 Å². The SMILES string of the molecule is Nc1ccc(Oc2ccc3n[nH]c(=O)n3n2)c(F)c1. The Morgan fingerprint density at radius 2 is 2.16 bits per heavy atom. The number of hydrogen-bond donors (Lipinski definition) is 2. The van der Waals surface area contributed by atoms with Gasteiger partial charge in [0.05, 0.1) is 0 Å². The second-order valence-electron chi connectivity index (χ2n) is 3.76. The fourth-order valence-corrected chi connectivity index (χ4v) is 1.55. The van der Waals surface area contributed by atoms with Gasteiger partial charge in [-0.25, -0.2) is 14.3 Å². The van der Waals surface area contributed by atoms with Gasteiger partial charge in [0.25, 0.3) is 0 Å². The highest BCUT2D eigenvalue weighted by atomic mass is 19.1. The van der Waals surface area contributed by atoms with Crippen molar-refractivity contribution in [3.63, 3.8) is 0 Å². The molecule has 0 amide bonds. The van der Waals surface area contributed by atoms with Crippen molar-refractivity contribution in [3.05, 3.63) is 46.6 Å². The minimum absolute atomic E-state index is 0.0300. The van der Waals surface area contributed by atoms with E-state index in [1.807, 2.05) is 0 Å². The molecule has 0 aliphatic rings. The van der Waals surface area contributed by atoms with Gasteiger partial charge in [0, 0.05) is 17.8 Å². The first kappa shape index (κ1) is 11.2. The summed E-state index contributed by atoms with van der Waals surface area (Å²) in [6.45, 7) is 0. The van der Waals surface area contributed by atoms with E-state index < -0.39 is 11.5 Å². The van der Waals surface area contributed by atoms with Crippen LogP contribution in [0.2, 0.25) is 0 Å². The summed E-state index contributed by atoms with van der Waals surface area (Å²) < 4.78 is 19.8. The summed E-state index contributed by atoms with van der Waals surface area (Å²) in [5.74, 6) is -0.571. The number of nitrogen functional groups attached to an aromatic ring is 1. The van der Waals surface area contributed by atoms with Crippen LogP contribution < -0.4 is 16.2 Å². The van der Waals surface area contributed by atoms with Gasteiger partial charge < -0.3 is 10.5 Å². The van der Waals surface area contributed by atoms with Crippen LogP contribution in [0.1, 0.15) is 0 Å². The summed E-state index contributed by atoms with van der Waals surface area (Å²) in [7, 11) is 0. The fourth-order valence-electron chi connectivity index (χ4n) is 1.55. The van der Waals surface area contributed by atoms with Gasteiger partial charge in [-0.15, -0.1) is 5.10 Å². The lowest BCUT2D eigenvalue weighted by molar-refractivity contribution is 0.419. The summed E-state index contributed by atoms with van der Waals surface area (Å²) >= 11 is 0. The molecule has 19 heavy (non-hydrogen) atoms. The highest BCUT2D eigenvalue weighted by Crippen LogP contribution is 2.24. The summed E-state index contributed by atoms with van der Waals surface area (Å²) in [5, 5.41) is 9.83. The van der Waals surface area contributed by atoms with E-state index >= 15 is 0 Å². The predicted molar refractivity (Wildman–Crippen MR) is 64.5 cm³/mol. The second kappa shape index (κ2) is 4.09. The predicted octanol–water partition coefficient (Wildman–Crippen LogP) is 0.931. The van der Waals surface area contributed by atoms with Crippen LogP contribution in [0.3, 0.4) is 0 Å². The van der Waals surface area contributed by atoms with Crippen molar-refractivity contribution in [1.29, 1.82) is 0 Å². The molecule has 2 aromatic heterocycles. The average Bonchev–Trinajstić information content (AvgIpc) is 2.75. The molecule has 3 N–H and O–H groups in total. The number of ether oxygens (including phenoxy) is 1. The number of nitrogens with one attached hydrogen (secondary N) is 1. The van der Waals surface area contributed by atoms with Crippen LogP contribution in [0.15, 0.2) is 35.1 Å². The number of rotatable bonds is 2. The maximum Gasteiger partial charge on any atom is 0.364 e. The molecule has 1 aromatic carbocycles.